The van der Waals surface area contributed by atoms with Gasteiger partial charge >= 0.3 is 0 Å². The summed E-state index contributed by atoms with van der Waals surface area (Å²) >= 11 is 0. The van der Waals surface area contributed by atoms with Crippen molar-refractivity contribution in [1.29, 1.82) is 0 Å². The largest absolute Gasteiger partial charge is 0.374 e. The van der Waals surface area contributed by atoms with Gasteiger partial charge in [-0.05, 0) is 19.8 Å². The summed E-state index contributed by atoms with van der Waals surface area (Å²) in [6.07, 6.45) is 3.59. The molecule has 3 heterocycles. The van der Waals surface area contributed by atoms with Gasteiger partial charge in [-0.1, -0.05) is 6.92 Å². The summed E-state index contributed by atoms with van der Waals surface area (Å²) in [7, 11) is 1.65. The zero-order chi connectivity index (χ0) is 18.5. The molecule has 0 amide bonds. The van der Waals surface area contributed by atoms with Crippen LogP contribution in [0, 0.1) is 6.92 Å². The third-order valence-corrected chi connectivity index (χ3v) is 4.48. The Bertz CT molecular complexity index is 807. The maximum Gasteiger partial charge on any atom is 0.268 e. The van der Waals surface area contributed by atoms with Gasteiger partial charge in [0.25, 0.3) is 5.56 Å². The van der Waals surface area contributed by atoms with E-state index in [9.17, 15) is 4.79 Å². The first-order chi connectivity index (χ1) is 12.5. The smallest absolute Gasteiger partial charge is 0.268 e. The molecule has 0 radical (unpaired) electrons. The molecule has 0 aliphatic carbocycles. The number of nitrogens with zero attached hydrogens (tertiary/aromatic N) is 5. The van der Waals surface area contributed by atoms with Crippen molar-refractivity contribution in [2.75, 3.05) is 36.5 Å². The molecular weight excluding hydrogens is 332 g/mol. The fraction of sp³-hybridized carbons (Fsp3) is 0.556. The maximum absolute atomic E-state index is 11.8. The van der Waals surface area contributed by atoms with Gasteiger partial charge in [-0.15, -0.1) is 0 Å². The van der Waals surface area contributed by atoms with Gasteiger partial charge < -0.3 is 15.0 Å². The van der Waals surface area contributed by atoms with Gasteiger partial charge in [0.2, 0.25) is 0 Å². The van der Waals surface area contributed by atoms with Crippen molar-refractivity contribution in [2.24, 2.45) is 7.05 Å². The van der Waals surface area contributed by atoms with Crippen LogP contribution in [0.5, 0.6) is 0 Å². The van der Waals surface area contributed by atoms with Crippen LogP contribution in [-0.4, -0.2) is 52.1 Å². The third kappa shape index (κ3) is 4.57. The molecule has 1 unspecified atom stereocenters. The van der Waals surface area contributed by atoms with E-state index in [1.807, 2.05) is 13.0 Å². The molecule has 8 heteroatoms. The number of aromatic nitrogens is 4. The predicted molar refractivity (Wildman–Crippen MR) is 101 cm³/mol. The van der Waals surface area contributed by atoms with Gasteiger partial charge in [0, 0.05) is 44.5 Å². The zero-order valence-electron chi connectivity index (χ0n) is 15.6. The van der Waals surface area contributed by atoms with E-state index in [4.69, 9.17) is 4.74 Å². The van der Waals surface area contributed by atoms with Gasteiger partial charge in [0.15, 0.2) is 0 Å². The third-order valence-electron chi connectivity index (χ3n) is 4.48. The number of aryl methyl sites for hydroxylation is 3. The number of nitrogens with one attached hydrogen (secondary N) is 1. The van der Waals surface area contributed by atoms with E-state index in [-0.39, 0.29) is 11.7 Å². The minimum absolute atomic E-state index is 0.0990. The molecule has 1 atom stereocenters. The van der Waals surface area contributed by atoms with Crippen LogP contribution in [0.15, 0.2) is 23.1 Å². The van der Waals surface area contributed by atoms with Crippen LogP contribution < -0.4 is 15.8 Å². The molecule has 0 saturated carbocycles. The summed E-state index contributed by atoms with van der Waals surface area (Å²) in [5.74, 6) is 1.64. The first-order valence-electron chi connectivity index (χ1n) is 9.03. The number of ether oxygens (including phenoxy) is 1. The lowest BCUT2D eigenvalue weighted by molar-refractivity contribution is 0.0374. The molecule has 3 rings (SSSR count). The van der Waals surface area contributed by atoms with Crippen LogP contribution in [-0.2, 0) is 18.2 Å². The van der Waals surface area contributed by atoms with Crippen molar-refractivity contribution in [3.05, 3.63) is 40.2 Å². The second-order valence-corrected chi connectivity index (χ2v) is 6.48. The molecule has 26 heavy (non-hydrogen) atoms. The monoisotopic (exact) mass is 358 g/mol. The fourth-order valence-corrected chi connectivity index (χ4v) is 3.02. The van der Waals surface area contributed by atoms with Crippen LogP contribution in [0.3, 0.4) is 0 Å². The van der Waals surface area contributed by atoms with E-state index in [1.165, 1.54) is 4.68 Å². The Morgan fingerprint density at radius 2 is 2.19 bits per heavy atom. The van der Waals surface area contributed by atoms with Crippen LogP contribution in [0.25, 0.3) is 0 Å². The first-order valence-corrected chi connectivity index (χ1v) is 9.03. The average molecular weight is 358 g/mol. The van der Waals surface area contributed by atoms with E-state index in [0.29, 0.717) is 6.61 Å². The highest BCUT2D eigenvalue weighted by Crippen LogP contribution is 2.16. The molecule has 0 spiro atoms. The van der Waals surface area contributed by atoms with Gasteiger partial charge in [-0.25, -0.2) is 14.6 Å². The summed E-state index contributed by atoms with van der Waals surface area (Å²) in [6.45, 7) is 6.93. The van der Waals surface area contributed by atoms with Gasteiger partial charge in [0.05, 0.1) is 24.6 Å². The molecule has 0 aromatic carbocycles. The highest BCUT2D eigenvalue weighted by molar-refractivity contribution is 5.43. The Morgan fingerprint density at radius 3 is 2.96 bits per heavy atom. The number of morpholine rings is 1. The van der Waals surface area contributed by atoms with Crippen LogP contribution in [0.4, 0.5) is 11.5 Å². The lowest BCUT2D eigenvalue weighted by atomic mass is 10.2. The Labute approximate surface area is 153 Å². The quantitative estimate of drug-likeness (QED) is 0.829. The van der Waals surface area contributed by atoms with Crippen molar-refractivity contribution in [2.45, 2.75) is 32.8 Å². The zero-order valence-corrected chi connectivity index (χ0v) is 15.6. The van der Waals surface area contributed by atoms with E-state index >= 15 is 0 Å². The highest BCUT2D eigenvalue weighted by atomic mass is 16.5. The van der Waals surface area contributed by atoms with Gasteiger partial charge in [-0.3, -0.25) is 4.79 Å². The molecule has 1 aliphatic rings. The van der Waals surface area contributed by atoms with Crippen molar-refractivity contribution in [3.8, 4) is 0 Å². The summed E-state index contributed by atoms with van der Waals surface area (Å²) in [5.41, 5.74) is 1.80. The normalized spacial score (nSPS) is 17.3. The molecule has 1 aliphatic heterocycles. The second-order valence-electron chi connectivity index (χ2n) is 6.48. The number of anilines is 2. The maximum atomic E-state index is 11.8. The summed E-state index contributed by atoms with van der Waals surface area (Å²) in [6, 6.07) is 3.62. The molecular formula is C18H26N6O2. The SMILES string of the molecule is CCc1cc(NCCC2CN(c3cnn(C)c(=O)c3)CCO2)nc(C)n1. The fourth-order valence-electron chi connectivity index (χ4n) is 3.02. The second kappa shape index (κ2) is 8.27. The number of rotatable bonds is 6. The Kier molecular flexibility index (Phi) is 5.82. The van der Waals surface area contributed by atoms with Crippen LogP contribution in [0.1, 0.15) is 24.9 Å². The number of hydrogen-bond donors (Lipinski definition) is 1. The highest BCUT2D eigenvalue weighted by Gasteiger charge is 2.21. The molecule has 8 nitrogen and oxygen atoms in total. The molecule has 1 fully saturated rings. The van der Waals surface area contributed by atoms with E-state index in [2.05, 4.69) is 32.2 Å². The predicted octanol–water partition coefficient (Wildman–Crippen LogP) is 1.15. The molecule has 1 saturated heterocycles. The van der Waals surface area contributed by atoms with E-state index < -0.39 is 0 Å². The Morgan fingerprint density at radius 1 is 1.35 bits per heavy atom. The number of hydrogen-bond acceptors (Lipinski definition) is 7. The average Bonchev–Trinajstić information content (AvgIpc) is 2.64. The molecule has 140 valence electrons. The molecule has 2 aromatic heterocycles. The lowest BCUT2D eigenvalue weighted by Gasteiger charge is -2.34. The standard InChI is InChI=1S/C18H26N6O2/c1-4-14-9-17(22-13(2)21-14)19-6-5-16-12-24(7-8-26-16)15-10-18(25)23(3)20-11-15/h9-11,16H,4-8,12H2,1-3H3,(H,19,21,22). The minimum Gasteiger partial charge on any atom is -0.374 e. The van der Waals surface area contributed by atoms with Gasteiger partial charge in [0.1, 0.15) is 11.6 Å². The van der Waals surface area contributed by atoms with E-state index in [1.54, 1.807) is 19.3 Å². The van der Waals surface area contributed by atoms with Crippen LogP contribution in [0.2, 0.25) is 0 Å². The molecule has 0 bridgehead atoms. The Balaban J connectivity index is 1.54. The topological polar surface area (TPSA) is 85.2 Å². The lowest BCUT2D eigenvalue weighted by Crippen LogP contribution is -2.43. The first kappa shape index (κ1) is 18.3. The summed E-state index contributed by atoms with van der Waals surface area (Å²) in [5, 5.41) is 7.46. The molecule has 1 N–H and O–H groups in total. The van der Waals surface area contributed by atoms with Gasteiger partial charge in [-0.2, -0.15) is 5.10 Å². The van der Waals surface area contributed by atoms with E-state index in [0.717, 1.165) is 55.5 Å². The van der Waals surface area contributed by atoms with Crippen molar-refractivity contribution in [3.63, 3.8) is 0 Å². The van der Waals surface area contributed by atoms with Crippen molar-refractivity contribution >= 4 is 11.5 Å². The van der Waals surface area contributed by atoms with Crippen molar-refractivity contribution in [1.82, 2.24) is 19.7 Å². The van der Waals surface area contributed by atoms with Crippen molar-refractivity contribution < 1.29 is 4.74 Å². The Hall–Kier alpha value is -2.48. The molecule has 2 aromatic rings. The summed E-state index contributed by atoms with van der Waals surface area (Å²) < 4.78 is 7.21. The minimum atomic E-state index is -0.0990. The van der Waals surface area contributed by atoms with Crippen LogP contribution >= 0.6 is 0 Å². The summed E-state index contributed by atoms with van der Waals surface area (Å²) in [4.78, 5) is 22.8.